The predicted molar refractivity (Wildman–Crippen MR) is 87.4 cm³/mol. The summed E-state index contributed by atoms with van der Waals surface area (Å²) < 4.78 is 28.0. The highest BCUT2D eigenvalue weighted by atomic mass is 32.2. The number of rotatable bonds is 6. The molecule has 24 heavy (non-hydrogen) atoms. The highest BCUT2D eigenvalue weighted by Gasteiger charge is 2.29. The van der Waals surface area contributed by atoms with Crippen LogP contribution in [0.2, 0.25) is 0 Å². The van der Waals surface area contributed by atoms with Crippen molar-refractivity contribution < 1.29 is 17.7 Å². The van der Waals surface area contributed by atoms with Crippen LogP contribution < -0.4 is 5.32 Å². The molecule has 1 aliphatic carbocycles. The largest absolute Gasteiger partial charge is 0.339 e. The van der Waals surface area contributed by atoms with Crippen LogP contribution >= 0.6 is 0 Å². The molecule has 8 nitrogen and oxygen atoms in total. The fourth-order valence-electron chi connectivity index (χ4n) is 3.08. The topological polar surface area (TPSA) is 105 Å². The third-order valence-electron chi connectivity index (χ3n) is 4.39. The number of nitrogens with one attached hydrogen (secondary N) is 1. The second-order valence-electron chi connectivity index (χ2n) is 6.85. The van der Waals surface area contributed by atoms with Gasteiger partial charge in [0, 0.05) is 38.2 Å². The molecule has 9 heteroatoms. The van der Waals surface area contributed by atoms with Gasteiger partial charge in [0.2, 0.25) is 5.89 Å². The highest BCUT2D eigenvalue weighted by Crippen LogP contribution is 2.38. The van der Waals surface area contributed by atoms with Gasteiger partial charge in [0.15, 0.2) is 5.82 Å². The number of sulfone groups is 1. The van der Waals surface area contributed by atoms with Crippen LogP contribution in [0.15, 0.2) is 4.52 Å². The van der Waals surface area contributed by atoms with Crippen LogP contribution in [-0.4, -0.2) is 61.1 Å². The molecule has 1 unspecified atom stereocenters. The summed E-state index contributed by atoms with van der Waals surface area (Å²) in [4.78, 5) is 18.2. The third kappa shape index (κ3) is 4.93. The summed E-state index contributed by atoms with van der Waals surface area (Å²) in [5.74, 6) is 1.94. The van der Waals surface area contributed by atoms with E-state index in [0.717, 1.165) is 31.5 Å². The number of hydrogen-bond acceptors (Lipinski definition) is 6. The lowest BCUT2D eigenvalue weighted by molar-refractivity contribution is 0.170. The molecular weight excluding hydrogens is 332 g/mol. The van der Waals surface area contributed by atoms with Gasteiger partial charge in [-0.1, -0.05) is 5.16 Å². The van der Waals surface area contributed by atoms with Gasteiger partial charge in [-0.25, -0.2) is 13.2 Å². The monoisotopic (exact) mass is 356 g/mol. The molecule has 1 aliphatic heterocycles. The molecule has 1 atom stereocenters. The maximum absolute atomic E-state index is 12.2. The van der Waals surface area contributed by atoms with Crippen molar-refractivity contribution in [3.63, 3.8) is 0 Å². The zero-order chi connectivity index (χ0) is 17.2. The van der Waals surface area contributed by atoms with Gasteiger partial charge in [0.25, 0.3) is 0 Å². The number of urea groups is 1. The summed E-state index contributed by atoms with van der Waals surface area (Å²) in [7, 11) is -3.01. The zero-order valence-electron chi connectivity index (χ0n) is 13.9. The van der Waals surface area contributed by atoms with E-state index in [1.54, 1.807) is 4.90 Å². The Hall–Kier alpha value is -1.64. The van der Waals surface area contributed by atoms with Gasteiger partial charge in [-0.05, 0) is 31.6 Å². The van der Waals surface area contributed by atoms with E-state index < -0.39 is 9.84 Å². The van der Waals surface area contributed by atoms with Gasteiger partial charge >= 0.3 is 6.03 Å². The first-order valence-electron chi connectivity index (χ1n) is 8.43. The Bertz CT molecular complexity index is 683. The molecule has 134 valence electrons. The summed E-state index contributed by atoms with van der Waals surface area (Å²) in [6, 6.07) is -0.157. The second kappa shape index (κ2) is 7.08. The third-order valence-corrected chi connectivity index (χ3v) is 5.46. The lowest BCUT2D eigenvalue weighted by Crippen LogP contribution is -2.47. The van der Waals surface area contributed by atoms with Gasteiger partial charge < -0.3 is 14.7 Å². The summed E-state index contributed by atoms with van der Waals surface area (Å²) >= 11 is 0. The molecule has 1 aromatic heterocycles. The molecule has 2 aliphatic rings. The molecule has 0 aromatic carbocycles. The number of aromatic nitrogens is 2. The lowest BCUT2D eigenvalue weighted by atomic mass is 10.0. The van der Waals surface area contributed by atoms with Gasteiger partial charge in [0.05, 0.1) is 5.75 Å². The number of nitrogens with zero attached hydrogens (tertiary/aromatic N) is 3. The Labute approximate surface area is 141 Å². The van der Waals surface area contributed by atoms with Gasteiger partial charge in [0.1, 0.15) is 9.84 Å². The maximum atomic E-state index is 12.2. The summed E-state index contributed by atoms with van der Waals surface area (Å²) in [5, 5.41) is 6.79. The van der Waals surface area contributed by atoms with Crippen molar-refractivity contribution in [2.75, 3.05) is 31.6 Å². The Morgan fingerprint density at radius 1 is 1.38 bits per heavy atom. The van der Waals surface area contributed by atoms with Crippen molar-refractivity contribution in [1.82, 2.24) is 20.4 Å². The van der Waals surface area contributed by atoms with E-state index in [1.165, 1.54) is 6.26 Å². The minimum atomic E-state index is -3.01. The first-order chi connectivity index (χ1) is 11.4. The van der Waals surface area contributed by atoms with E-state index in [-0.39, 0.29) is 17.7 Å². The highest BCUT2D eigenvalue weighted by molar-refractivity contribution is 7.90. The molecule has 1 N–H and O–H groups in total. The molecule has 1 saturated heterocycles. The minimum absolute atomic E-state index is 0.0246. The first-order valence-corrected chi connectivity index (χ1v) is 10.5. The zero-order valence-corrected chi connectivity index (χ0v) is 14.7. The summed E-state index contributed by atoms with van der Waals surface area (Å²) in [6.45, 7) is 1.59. The van der Waals surface area contributed by atoms with Crippen LogP contribution in [0.5, 0.6) is 0 Å². The van der Waals surface area contributed by atoms with E-state index in [4.69, 9.17) is 4.52 Å². The van der Waals surface area contributed by atoms with Crippen molar-refractivity contribution >= 4 is 15.9 Å². The average molecular weight is 356 g/mol. The van der Waals surface area contributed by atoms with Crippen molar-refractivity contribution in [2.45, 2.75) is 38.0 Å². The lowest BCUT2D eigenvalue weighted by Gasteiger charge is -2.32. The number of hydrogen-bond donors (Lipinski definition) is 1. The van der Waals surface area contributed by atoms with Crippen LogP contribution in [-0.2, 0) is 16.3 Å². The number of amides is 2. The molecule has 3 rings (SSSR count). The predicted octanol–water partition coefficient (Wildman–Crippen LogP) is 0.956. The van der Waals surface area contributed by atoms with E-state index in [0.29, 0.717) is 37.9 Å². The van der Waals surface area contributed by atoms with E-state index >= 15 is 0 Å². The number of likely N-dealkylation sites (tertiary alicyclic amines) is 1. The number of piperidine rings is 1. The van der Waals surface area contributed by atoms with Crippen molar-refractivity contribution in [2.24, 2.45) is 5.92 Å². The van der Waals surface area contributed by atoms with E-state index in [2.05, 4.69) is 15.5 Å². The van der Waals surface area contributed by atoms with Crippen LogP contribution in [0.4, 0.5) is 4.79 Å². The molecule has 1 aromatic rings. The molecule has 2 heterocycles. The summed E-state index contributed by atoms with van der Waals surface area (Å²) in [5.41, 5.74) is 0. The number of carbonyl (C=O) groups is 1. The van der Waals surface area contributed by atoms with Crippen molar-refractivity contribution in [3.05, 3.63) is 11.7 Å². The van der Waals surface area contributed by atoms with Crippen LogP contribution in [0.25, 0.3) is 0 Å². The molecule has 2 amide bonds. The fraction of sp³-hybridized carbons (Fsp3) is 0.800. The Kier molecular flexibility index (Phi) is 5.07. The van der Waals surface area contributed by atoms with Crippen molar-refractivity contribution in [3.8, 4) is 0 Å². The van der Waals surface area contributed by atoms with E-state index in [9.17, 15) is 13.2 Å². The summed E-state index contributed by atoms with van der Waals surface area (Å²) in [6.07, 6.45) is 5.68. The van der Waals surface area contributed by atoms with Crippen LogP contribution in [0.1, 0.15) is 43.3 Å². The van der Waals surface area contributed by atoms with Crippen LogP contribution in [0.3, 0.4) is 0 Å². The Morgan fingerprint density at radius 3 is 2.88 bits per heavy atom. The Balaban J connectivity index is 1.42. The average Bonchev–Trinajstić information content (AvgIpc) is 3.25. The second-order valence-corrected chi connectivity index (χ2v) is 9.03. The van der Waals surface area contributed by atoms with Crippen molar-refractivity contribution in [1.29, 1.82) is 0 Å². The van der Waals surface area contributed by atoms with Crippen LogP contribution in [0, 0.1) is 5.92 Å². The van der Waals surface area contributed by atoms with Gasteiger partial charge in [-0.3, -0.25) is 0 Å². The molecule has 1 saturated carbocycles. The minimum Gasteiger partial charge on any atom is -0.339 e. The van der Waals surface area contributed by atoms with Gasteiger partial charge in [-0.15, -0.1) is 0 Å². The Morgan fingerprint density at radius 2 is 2.17 bits per heavy atom. The molecule has 0 spiro atoms. The molecule has 0 radical (unpaired) electrons. The molecule has 0 bridgehead atoms. The maximum Gasteiger partial charge on any atom is 0.317 e. The first kappa shape index (κ1) is 17.2. The number of carbonyl (C=O) groups excluding carboxylic acids is 1. The molecule has 2 fully saturated rings. The normalized spacial score (nSPS) is 21.7. The smallest absolute Gasteiger partial charge is 0.317 e. The van der Waals surface area contributed by atoms with E-state index in [1.807, 2.05) is 0 Å². The quantitative estimate of drug-likeness (QED) is 0.814. The van der Waals surface area contributed by atoms with Gasteiger partial charge in [-0.2, -0.15) is 4.98 Å². The SMILES string of the molecule is CS(=O)(=O)CC1CCCN(C(=O)NCCc2nc(C3CC3)no2)C1. The fourth-order valence-corrected chi connectivity index (χ4v) is 4.21. The molecular formula is C15H24N4O4S. The standard InChI is InChI=1S/C15H24N4O4S/c1-24(21,22)10-11-3-2-8-19(9-11)15(20)16-7-6-13-17-14(18-23-13)12-4-5-12/h11-12H,2-10H2,1H3,(H,16,20).